The summed E-state index contributed by atoms with van der Waals surface area (Å²) in [5.41, 5.74) is 1.03. The van der Waals surface area contributed by atoms with Crippen LogP contribution in [0.2, 0.25) is 10.0 Å². The highest BCUT2D eigenvalue weighted by Crippen LogP contribution is 2.30. The number of ether oxygens (including phenoxy) is 2. The quantitative estimate of drug-likeness (QED) is 0.820. The van der Waals surface area contributed by atoms with Crippen LogP contribution >= 0.6 is 23.2 Å². The van der Waals surface area contributed by atoms with Gasteiger partial charge in [-0.15, -0.1) is 0 Å². The highest BCUT2D eigenvalue weighted by Gasteiger charge is 2.11. The molecule has 0 aromatic heterocycles. The van der Waals surface area contributed by atoms with Gasteiger partial charge in [-0.1, -0.05) is 29.3 Å². The van der Waals surface area contributed by atoms with Crippen LogP contribution in [-0.2, 0) is 4.79 Å². The van der Waals surface area contributed by atoms with Crippen molar-refractivity contribution in [3.05, 3.63) is 46.4 Å². The summed E-state index contributed by atoms with van der Waals surface area (Å²) in [7, 11) is 3.08. The lowest BCUT2D eigenvalue weighted by Gasteiger charge is -2.13. The molecule has 0 bridgehead atoms. The maximum absolute atomic E-state index is 12.1. The number of rotatable bonds is 6. The van der Waals surface area contributed by atoms with Gasteiger partial charge in [0.05, 0.1) is 42.2 Å². The standard InChI is InChI=1S/C16H16Cl2N2O3/c1-22-10-6-7-14(23-2)13(8-10)20-15(21)9-19-16-11(17)4-3-5-12(16)18/h3-8,19H,9H2,1-2H3,(H,20,21). The molecule has 0 fully saturated rings. The van der Waals surface area contributed by atoms with E-state index in [4.69, 9.17) is 32.7 Å². The van der Waals surface area contributed by atoms with E-state index in [2.05, 4.69) is 10.6 Å². The summed E-state index contributed by atoms with van der Waals surface area (Å²) >= 11 is 12.1. The van der Waals surface area contributed by atoms with Crippen LogP contribution in [-0.4, -0.2) is 26.7 Å². The lowest BCUT2D eigenvalue weighted by atomic mass is 10.2. The molecular formula is C16H16Cl2N2O3. The average Bonchev–Trinajstić information content (AvgIpc) is 2.54. The van der Waals surface area contributed by atoms with Gasteiger partial charge in [-0.3, -0.25) is 4.79 Å². The Labute approximate surface area is 144 Å². The summed E-state index contributed by atoms with van der Waals surface area (Å²) in [6.07, 6.45) is 0. The summed E-state index contributed by atoms with van der Waals surface area (Å²) < 4.78 is 10.4. The normalized spacial score (nSPS) is 10.1. The minimum atomic E-state index is -0.271. The molecule has 1 amide bonds. The van der Waals surface area contributed by atoms with Gasteiger partial charge in [0.1, 0.15) is 11.5 Å². The molecule has 0 aliphatic heterocycles. The Morgan fingerprint density at radius 3 is 2.39 bits per heavy atom. The summed E-state index contributed by atoms with van der Waals surface area (Å²) in [5.74, 6) is 0.880. The largest absolute Gasteiger partial charge is 0.497 e. The molecule has 2 N–H and O–H groups in total. The lowest BCUT2D eigenvalue weighted by molar-refractivity contribution is -0.114. The summed E-state index contributed by atoms with van der Waals surface area (Å²) in [6, 6.07) is 10.3. The Bertz CT molecular complexity index is 687. The molecule has 23 heavy (non-hydrogen) atoms. The number of nitrogens with one attached hydrogen (secondary N) is 2. The van der Waals surface area contributed by atoms with E-state index in [9.17, 15) is 4.79 Å². The molecule has 2 rings (SSSR count). The van der Waals surface area contributed by atoms with Crippen LogP contribution in [0.1, 0.15) is 0 Å². The third kappa shape index (κ3) is 4.43. The van der Waals surface area contributed by atoms with E-state index in [1.807, 2.05) is 0 Å². The minimum absolute atomic E-state index is 0.00379. The van der Waals surface area contributed by atoms with Gasteiger partial charge >= 0.3 is 0 Å². The molecule has 2 aromatic carbocycles. The smallest absolute Gasteiger partial charge is 0.243 e. The van der Waals surface area contributed by atoms with Gasteiger partial charge in [-0.05, 0) is 24.3 Å². The molecule has 5 nitrogen and oxygen atoms in total. The van der Waals surface area contributed by atoms with Crippen LogP contribution in [0.15, 0.2) is 36.4 Å². The molecule has 0 aliphatic carbocycles. The number of amides is 1. The van der Waals surface area contributed by atoms with Gasteiger partial charge in [-0.25, -0.2) is 0 Å². The van der Waals surface area contributed by atoms with Crippen molar-refractivity contribution in [3.8, 4) is 11.5 Å². The molecule has 7 heteroatoms. The first-order valence-electron chi connectivity index (χ1n) is 6.75. The van der Waals surface area contributed by atoms with Gasteiger partial charge in [0, 0.05) is 6.07 Å². The van der Waals surface area contributed by atoms with Crippen molar-refractivity contribution in [2.45, 2.75) is 0 Å². The van der Waals surface area contributed by atoms with Crippen LogP contribution in [0.5, 0.6) is 11.5 Å². The van der Waals surface area contributed by atoms with Crippen LogP contribution in [0, 0.1) is 0 Å². The topological polar surface area (TPSA) is 59.6 Å². The Balaban J connectivity index is 2.05. The van der Waals surface area contributed by atoms with Crippen molar-refractivity contribution < 1.29 is 14.3 Å². The Hall–Kier alpha value is -2.11. The zero-order valence-electron chi connectivity index (χ0n) is 12.7. The monoisotopic (exact) mass is 354 g/mol. The van der Waals surface area contributed by atoms with Crippen LogP contribution in [0.3, 0.4) is 0 Å². The minimum Gasteiger partial charge on any atom is -0.497 e. The Morgan fingerprint density at radius 2 is 1.78 bits per heavy atom. The van der Waals surface area contributed by atoms with E-state index >= 15 is 0 Å². The van der Waals surface area contributed by atoms with Gasteiger partial charge in [0.15, 0.2) is 0 Å². The van der Waals surface area contributed by atoms with Crippen molar-refractivity contribution in [3.63, 3.8) is 0 Å². The highest BCUT2D eigenvalue weighted by atomic mass is 35.5. The zero-order chi connectivity index (χ0) is 16.8. The molecule has 2 aromatic rings. The van der Waals surface area contributed by atoms with Gasteiger partial charge in [0.2, 0.25) is 5.91 Å². The van der Waals surface area contributed by atoms with Gasteiger partial charge in [0.25, 0.3) is 0 Å². The number of hydrogen-bond acceptors (Lipinski definition) is 4. The third-order valence-electron chi connectivity index (χ3n) is 3.07. The zero-order valence-corrected chi connectivity index (χ0v) is 14.2. The lowest BCUT2D eigenvalue weighted by Crippen LogP contribution is -2.22. The fourth-order valence-electron chi connectivity index (χ4n) is 1.94. The van der Waals surface area contributed by atoms with Crippen LogP contribution in [0.4, 0.5) is 11.4 Å². The van der Waals surface area contributed by atoms with Crippen molar-refractivity contribution >= 4 is 40.5 Å². The van der Waals surface area contributed by atoms with Crippen molar-refractivity contribution in [1.82, 2.24) is 0 Å². The van der Waals surface area contributed by atoms with E-state index in [0.29, 0.717) is 32.9 Å². The Morgan fingerprint density at radius 1 is 1.09 bits per heavy atom. The molecule has 0 aliphatic rings. The molecule has 0 spiro atoms. The van der Waals surface area contributed by atoms with E-state index in [0.717, 1.165) is 0 Å². The summed E-state index contributed by atoms with van der Waals surface area (Å²) in [6.45, 7) is 0.00379. The van der Waals surface area contributed by atoms with Crippen LogP contribution < -0.4 is 20.1 Å². The predicted molar refractivity (Wildman–Crippen MR) is 93.1 cm³/mol. The third-order valence-corrected chi connectivity index (χ3v) is 3.70. The molecule has 0 atom stereocenters. The fourth-order valence-corrected chi connectivity index (χ4v) is 2.47. The maximum atomic E-state index is 12.1. The van der Waals surface area contributed by atoms with E-state index in [1.54, 1.807) is 43.5 Å². The number of anilines is 2. The second kappa shape index (κ2) is 7.94. The first-order chi connectivity index (χ1) is 11.0. The van der Waals surface area contributed by atoms with E-state index in [-0.39, 0.29) is 12.5 Å². The molecule has 0 saturated heterocycles. The number of para-hydroxylation sites is 1. The van der Waals surface area contributed by atoms with Crippen LogP contribution in [0.25, 0.3) is 0 Å². The SMILES string of the molecule is COc1ccc(OC)c(NC(=O)CNc2c(Cl)cccc2Cl)c1. The first-order valence-corrected chi connectivity index (χ1v) is 7.50. The number of methoxy groups -OCH3 is 2. The second-order valence-corrected chi connectivity index (χ2v) is 5.38. The molecule has 0 radical (unpaired) electrons. The predicted octanol–water partition coefficient (Wildman–Crippen LogP) is 4.06. The summed E-state index contributed by atoms with van der Waals surface area (Å²) in [4.78, 5) is 12.1. The first kappa shape index (κ1) is 17.2. The fraction of sp³-hybridized carbons (Fsp3) is 0.188. The van der Waals surface area contributed by atoms with Crippen molar-refractivity contribution in [2.24, 2.45) is 0 Å². The number of benzene rings is 2. The van der Waals surface area contributed by atoms with Crippen molar-refractivity contribution in [1.29, 1.82) is 0 Å². The molecular weight excluding hydrogens is 339 g/mol. The van der Waals surface area contributed by atoms with Gasteiger partial charge in [-0.2, -0.15) is 0 Å². The molecule has 0 saturated carbocycles. The molecule has 0 heterocycles. The Kier molecular flexibility index (Phi) is 5.96. The van der Waals surface area contributed by atoms with Gasteiger partial charge < -0.3 is 20.1 Å². The van der Waals surface area contributed by atoms with Crippen molar-refractivity contribution in [2.75, 3.05) is 31.4 Å². The number of carbonyl (C=O) groups excluding carboxylic acids is 1. The highest BCUT2D eigenvalue weighted by molar-refractivity contribution is 6.39. The van der Waals surface area contributed by atoms with E-state index in [1.165, 1.54) is 7.11 Å². The molecule has 122 valence electrons. The summed E-state index contributed by atoms with van der Waals surface area (Å²) in [5, 5.41) is 6.57. The van der Waals surface area contributed by atoms with E-state index < -0.39 is 0 Å². The number of carbonyl (C=O) groups is 1. The molecule has 0 unspecified atom stereocenters. The average molecular weight is 355 g/mol. The number of hydrogen-bond donors (Lipinski definition) is 2. The number of halogens is 2. The second-order valence-electron chi connectivity index (χ2n) is 4.56. The maximum Gasteiger partial charge on any atom is 0.243 e.